The second-order valence-corrected chi connectivity index (χ2v) is 4.55. The smallest absolute Gasteiger partial charge is 0.149 e. The molecule has 3 nitrogen and oxygen atoms in total. The fourth-order valence-electron chi connectivity index (χ4n) is 2.16. The van der Waals surface area contributed by atoms with Gasteiger partial charge in [0.25, 0.3) is 0 Å². The van der Waals surface area contributed by atoms with Crippen LogP contribution in [0.4, 0.5) is 10.1 Å². The lowest BCUT2D eigenvalue weighted by atomic mass is 10.0. The highest BCUT2D eigenvalue weighted by molar-refractivity contribution is 5.92. The molecule has 0 unspecified atom stereocenters. The maximum Gasteiger partial charge on any atom is 0.149 e. The van der Waals surface area contributed by atoms with E-state index in [0.717, 1.165) is 10.8 Å². The predicted molar refractivity (Wildman–Crippen MR) is 79.5 cm³/mol. The Morgan fingerprint density at radius 1 is 1.00 bits per heavy atom. The minimum Gasteiger partial charge on any atom is -0.457 e. The summed E-state index contributed by atoms with van der Waals surface area (Å²) in [6, 6.07) is 17.3. The molecule has 0 aliphatic carbocycles. The van der Waals surface area contributed by atoms with E-state index in [4.69, 9.17) is 15.7 Å². The maximum atomic E-state index is 13.5. The van der Waals surface area contributed by atoms with Gasteiger partial charge in [0, 0.05) is 16.8 Å². The third kappa shape index (κ3) is 2.37. The van der Waals surface area contributed by atoms with Crippen molar-refractivity contribution >= 4 is 16.5 Å². The van der Waals surface area contributed by atoms with Crippen molar-refractivity contribution in [2.24, 2.45) is 0 Å². The highest BCUT2D eigenvalue weighted by Gasteiger charge is 2.08. The van der Waals surface area contributed by atoms with Crippen LogP contribution in [0.25, 0.3) is 10.8 Å². The van der Waals surface area contributed by atoms with Gasteiger partial charge in [-0.05, 0) is 24.3 Å². The van der Waals surface area contributed by atoms with E-state index in [-0.39, 0.29) is 5.69 Å². The number of halogens is 1. The van der Waals surface area contributed by atoms with Crippen molar-refractivity contribution < 1.29 is 9.13 Å². The SMILES string of the molecule is N#Cc1ccc(Oc2ccc(N)c(F)c2)c2ccccc12. The highest BCUT2D eigenvalue weighted by atomic mass is 19.1. The maximum absolute atomic E-state index is 13.5. The van der Waals surface area contributed by atoms with Gasteiger partial charge in [0.15, 0.2) is 0 Å². The number of nitrogen functional groups attached to an aromatic ring is 1. The largest absolute Gasteiger partial charge is 0.457 e. The zero-order valence-corrected chi connectivity index (χ0v) is 11.0. The number of anilines is 1. The monoisotopic (exact) mass is 278 g/mol. The summed E-state index contributed by atoms with van der Waals surface area (Å²) in [6.07, 6.45) is 0. The second-order valence-electron chi connectivity index (χ2n) is 4.55. The first kappa shape index (κ1) is 12.9. The van der Waals surface area contributed by atoms with Crippen molar-refractivity contribution in [2.75, 3.05) is 5.73 Å². The van der Waals surface area contributed by atoms with Crippen LogP contribution in [0.1, 0.15) is 5.56 Å². The Labute approximate surface area is 121 Å². The number of hydrogen-bond acceptors (Lipinski definition) is 3. The number of nitrogens with two attached hydrogens (primary N) is 1. The van der Waals surface area contributed by atoms with Crippen molar-refractivity contribution in [1.29, 1.82) is 5.26 Å². The average Bonchev–Trinajstić information content (AvgIpc) is 2.51. The Kier molecular flexibility index (Phi) is 3.17. The highest BCUT2D eigenvalue weighted by Crippen LogP contribution is 2.32. The zero-order chi connectivity index (χ0) is 14.8. The van der Waals surface area contributed by atoms with E-state index in [2.05, 4.69) is 6.07 Å². The number of nitriles is 1. The quantitative estimate of drug-likeness (QED) is 0.714. The molecular weight excluding hydrogens is 267 g/mol. The Morgan fingerprint density at radius 3 is 2.48 bits per heavy atom. The van der Waals surface area contributed by atoms with Crippen LogP contribution < -0.4 is 10.5 Å². The van der Waals surface area contributed by atoms with Crippen molar-refractivity contribution in [3.8, 4) is 17.6 Å². The van der Waals surface area contributed by atoms with Crippen LogP contribution in [0.3, 0.4) is 0 Å². The van der Waals surface area contributed by atoms with Crippen molar-refractivity contribution in [1.82, 2.24) is 0 Å². The van der Waals surface area contributed by atoms with Gasteiger partial charge in [-0.1, -0.05) is 24.3 Å². The summed E-state index contributed by atoms with van der Waals surface area (Å²) in [5, 5.41) is 10.7. The van der Waals surface area contributed by atoms with Crippen LogP contribution in [0.15, 0.2) is 54.6 Å². The van der Waals surface area contributed by atoms with Gasteiger partial charge in [0.1, 0.15) is 17.3 Å². The zero-order valence-electron chi connectivity index (χ0n) is 11.0. The van der Waals surface area contributed by atoms with Crippen LogP contribution in [0.2, 0.25) is 0 Å². The number of benzene rings is 3. The molecule has 0 saturated heterocycles. The topological polar surface area (TPSA) is 59.0 Å². The van der Waals surface area contributed by atoms with Gasteiger partial charge in [-0.15, -0.1) is 0 Å². The Hall–Kier alpha value is -3.06. The standard InChI is InChI=1S/C17H11FN2O/c18-15-9-12(6-7-16(15)20)21-17-8-5-11(10-19)13-3-1-2-4-14(13)17/h1-9H,20H2. The molecule has 0 fully saturated rings. The van der Waals surface area contributed by atoms with Gasteiger partial charge >= 0.3 is 0 Å². The average molecular weight is 278 g/mol. The first-order valence-corrected chi connectivity index (χ1v) is 6.34. The van der Waals surface area contributed by atoms with Gasteiger partial charge in [-0.2, -0.15) is 5.26 Å². The lowest BCUT2D eigenvalue weighted by molar-refractivity contribution is 0.482. The number of ether oxygens (including phenoxy) is 1. The van der Waals surface area contributed by atoms with E-state index in [9.17, 15) is 4.39 Å². The Balaban J connectivity index is 2.09. The van der Waals surface area contributed by atoms with Gasteiger partial charge in [-0.25, -0.2) is 4.39 Å². The molecule has 0 aromatic heterocycles. The summed E-state index contributed by atoms with van der Waals surface area (Å²) in [6.45, 7) is 0. The molecule has 21 heavy (non-hydrogen) atoms. The molecule has 0 atom stereocenters. The number of fused-ring (bicyclic) bond motifs is 1. The Bertz CT molecular complexity index is 868. The van der Waals surface area contributed by atoms with Crippen LogP contribution in [-0.2, 0) is 0 Å². The van der Waals surface area contributed by atoms with E-state index in [0.29, 0.717) is 17.1 Å². The van der Waals surface area contributed by atoms with E-state index in [1.54, 1.807) is 18.2 Å². The third-order valence-electron chi connectivity index (χ3n) is 3.20. The molecule has 3 aromatic carbocycles. The summed E-state index contributed by atoms with van der Waals surface area (Å²) >= 11 is 0. The fraction of sp³-hybridized carbons (Fsp3) is 0. The molecule has 0 aliphatic rings. The Morgan fingerprint density at radius 2 is 1.76 bits per heavy atom. The minimum atomic E-state index is -0.523. The van der Waals surface area contributed by atoms with Crippen LogP contribution >= 0.6 is 0 Å². The number of nitrogens with zero attached hydrogens (tertiary/aromatic N) is 1. The molecule has 0 radical (unpaired) electrons. The first-order valence-electron chi connectivity index (χ1n) is 6.34. The lowest BCUT2D eigenvalue weighted by Crippen LogP contribution is -1.92. The molecule has 0 bridgehead atoms. The molecule has 3 rings (SSSR count). The fourth-order valence-corrected chi connectivity index (χ4v) is 2.16. The first-order chi connectivity index (χ1) is 10.2. The van der Waals surface area contributed by atoms with Crippen LogP contribution in [0.5, 0.6) is 11.5 Å². The van der Waals surface area contributed by atoms with E-state index < -0.39 is 5.82 Å². The third-order valence-corrected chi connectivity index (χ3v) is 3.20. The number of hydrogen-bond donors (Lipinski definition) is 1. The van der Waals surface area contributed by atoms with Gasteiger partial charge in [0.2, 0.25) is 0 Å². The van der Waals surface area contributed by atoms with Crippen molar-refractivity contribution in [3.05, 3.63) is 66.0 Å². The lowest BCUT2D eigenvalue weighted by Gasteiger charge is -2.10. The van der Waals surface area contributed by atoms with E-state index in [1.807, 2.05) is 24.3 Å². The summed E-state index contributed by atoms with van der Waals surface area (Å²) in [7, 11) is 0. The molecule has 3 aromatic rings. The summed E-state index contributed by atoms with van der Waals surface area (Å²) < 4.78 is 19.2. The summed E-state index contributed by atoms with van der Waals surface area (Å²) in [5.74, 6) is 0.399. The molecule has 0 heterocycles. The van der Waals surface area contributed by atoms with Crippen molar-refractivity contribution in [3.63, 3.8) is 0 Å². The summed E-state index contributed by atoms with van der Waals surface area (Å²) in [4.78, 5) is 0. The molecule has 102 valence electrons. The second kappa shape index (κ2) is 5.14. The van der Waals surface area contributed by atoms with E-state index >= 15 is 0 Å². The molecule has 0 amide bonds. The number of rotatable bonds is 2. The van der Waals surface area contributed by atoms with Crippen LogP contribution in [0, 0.1) is 17.1 Å². The normalized spacial score (nSPS) is 10.3. The molecule has 0 saturated carbocycles. The van der Waals surface area contributed by atoms with E-state index in [1.165, 1.54) is 12.1 Å². The van der Waals surface area contributed by atoms with Crippen molar-refractivity contribution in [2.45, 2.75) is 0 Å². The van der Waals surface area contributed by atoms with Gasteiger partial charge in [0.05, 0.1) is 17.3 Å². The molecule has 4 heteroatoms. The molecular formula is C17H11FN2O. The molecule has 0 spiro atoms. The van der Waals surface area contributed by atoms with Gasteiger partial charge < -0.3 is 10.5 Å². The van der Waals surface area contributed by atoms with Gasteiger partial charge in [-0.3, -0.25) is 0 Å². The predicted octanol–water partition coefficient (Wildman–Crippen LogP) is 4.23. The molecule has 0 aliphatic heterocycles. The summed E-state index contributed by atoms with van der Waals surface area (Å²) in [5.41, 5.74) is 6.09. The van der Waals surface area contributed by atoms with Crippen LogP contribution in [-0.4, -0.2) is 0 Å². The minimum absolute atomic E-state index is 0.0760. The molecule has 2 N–H and O–H groups in total.